The van der Waals surface area contributed by atoms with Crippen LogP contribution in [0.5, 0.6) is 0 Å². The van der Waals surface area contributed by atoms with E-state index in [-0.39, 0.29) is 80.7 Å². The Kier molecular flexibility index (Phi) is 10.5. The molecule has 0 aromatic heterocycles. The monoisotopic (exact) mass is 307 g/mol. The van der Waals surface area contributed by atoms with Gasteiger partial charge in [0.15, 0.2) is 0 Å². The maximum absolute atomic E-state index is 10.6. The molecular weight excluding hydrogens is 291 g/mol. The first-order valence-corrected chi connectivity index (χ1v) is 3.93. The van der Waals surface area contributed by atoms with Crippen LogP contribution in [-0.2, 0) is 9.59 Å². The van der Waals surface area contributed by atoms with Crippen LogP contribution in [0.4, 0.5) is 0 Å². The summed E-state index contributed by atoms with van der Waals surface area (Å²) < 4.78 is 0. The molecule has 0 aliphatic heterocycles. The summed E-state index contributed by atoms with van der Waals surface area (Å²) >= 11 is 0. The topological polar surface area (TPSA) is 66.4 Å². The van der Waals surface area contributed by atoms with Gasteiger partial charge in [-0.3, -0.25) is 4.79 Å². The van der Waals surface area contributed by atoms with Crippen molar-refractivity contribution in [3.8, 4) is 0 Å². The Bertz CT molecular complexity index is 182. The number of nitrogens with one attached hydrogen (secondary N) is 1. The van der Waals surface area contributed by atoms with Crippen LogP contribution in [0, 0.1) is 5.92 Å². The Morgan fingerprint density at radius 3 is 2.08 bits per heavy atom. The van der Waals surface area contributed by atoms with Crippen LogP contribution >= 0.6 is 0 Å². The van der Waals surface area contributed by atoms with Crippen LogP contribution in [-0.4, -0.2) is 91.9 Å². The van der Waals surface area contributed by atoms with Gasteiger partial charge in [-0.2, -0.15) is 0 Å². The van der Waals surface area contributed by atoms with Crippen LogP contribution in [0.2, 0.25) is 0 Å². The molecule has 2 N–H and O–H groups in total. The molecule has 0 saturated heterocycles. The SMILES string of the molecule is CC(=O)N[C@@H](CC(C)C)C(=O)O.[CsH]. The standard InChI is InChI=1S/C8H15NO3.Cs.H/c1-5(2)4-7(8(11)12)9-6(3)10;;/h5,7H,4H2,1-3H3,(H,9,10)(H,11,12);;/t7-;;/m0../s1. The van der Waals surface area contributed by atoms with Crippen molar-refractivity contribution in [3.63, 3.8) is 0 Å². The number of carbonyl (C=O) groups excluding carboxylic acids is 1. The number of amides is 1. The first-order chi connectivity index (χ1) is 5.43. The molecule has 0 fully saturated rings. The zero-order valence-electron chi connectivity index (χ0n) is 7.63. The van der Waals surface area contributed by atoms with E-state index in [1.807, 2.05) is 13.8 Å². The van der Waals surface area contributed by atoms with Gasteiger partial charge in [-0.1, -0.05) is 13.8 Å². The van der Waals surface area contributed by atoms with Gasteiger partial charge in [0.05, 0.1) is 0 Å². The Balaban J connectivity index is 0. The van der Waals surface area contributed by atoms with E-state index in [1.54, 1.807) is 0 Å². The molecule has 0 saturated carbocycles. The molecule has 0 rings (SSSR count). The van der Waals surface area contributed by atoms with Gasteiger partial charge in [0.2, 0.25) is 5.91 Å². The van der Waals surface area contributed by atoms with Crippen molar-refractivity contribution in [2.45, 2.75) is 33.2 Å². The first-order valence-electron chi connectivity index (χ1n) is 3.93. The molecule has 13 heavy (non-hydrogen) atoms. The molecule has 5 heteroatoms. The van der Waals surface area contributed by atoms with Crippen molar-refractivity contribution in [1.82, 2.24) is 5.32 Å². The Morgan fingerprint density at radius 2 is 1.85 bits per heavy atom. The van der Waals surface area contributed by atoms with E-state index in [9.17, 15) is 9.59 Å². The number of carboxylic acid groups (broad SMARTS) is 1. The van der Waals surface area contributed by atoms with Gasteiger partial charge in [0, 0.05) is 6.92 Å². The van der Waals surface area contributed by atoms with Crippen molar-refractivity contribution in [3.05, 3.63) is 0 Å². The average molecular weight is 307 g/mol. The number of aliphatic carboxylic acids is 1. The van der Waals surface area contributed by atoms with Crippen LogP contribution in [0.25, 0.3) is 0 Å². The summed E-state index contributed by atoms with van der Waals surface area (Å²) in [6.07, 6.45) is 0.467. The van der Waals surface area contributed by atoms with E-state index in [4.69, 9.17) is 5.11 Å². The maximum atomic E-state index is 10.6. The minimum atomic E-state index is -0.973. The summed E-state index contributed by atoms with van der Waals surface area (Å²) in [5, 5.41) is 11.0. The van der Waals surface area contributed by atoms with E-state index in [1.165, 1.54) is 6.92 Å². The summed E-state index contributed by atoms with van der Waals surface area (Å²) in [5.74, 6) is -1.01. The van der Waals surface area contributed by atoms with E-state index >= 15 is 0 Å². The van der Waals surface area contributed by atoms with Gasteiger partial charge >= 0.3 is 74.9 Å². The Hall–Kier alpha value is 0.992. The summed E-state index contributed by atoms with van der Waals surface area (Å²) in [6.45, 7) is 5.14. The zero-order valence-corrected chi connectivity index (χ0v) is 7.63. The summed E-state index contributed by atoms with van der Waals surface area (Å²) in [7, 11) is 0. The second-order valence-electron chi connectivity index (χ2n) is 3.22. The van der Waals surface area contributed by atoms with Crippen molar-refractivity contribution < 1.29 is 14.7 Å². The summed E-state index contributed by atoms with van der Waals surface area (Å²) in [4.78, 5) is 21.1. The molecule has 0 heterocycles. The minimum absolute atomic E-state index is 0. The fourth-order valence-corrected chi connectivity index (χ4v) is 0.938. The van der Waals surface area contributed by atoms with Gasteiger partial charge in [-0.25, -0.2) is 4.79 Å². The predicted octanol–water partition coefficient (Wildman–Crippen LogP) is -0.0267. The third-order valence-corrected chi connectivity index (χ3v) is 1.38. The molecule has 0 radical (unpaired) electrons. The molecule has 0 aromatic rings. The van der Waals surface area contributed by atoms with Crippen LogP contribution < -0.4 is 5.32 Å². The number of rotatable bonds is 4. The van der Waals surface area contributed by atoms with Crippen LogP contribution in [0.15, 0.2) is 0 Å². The normalized spacial score (nSPS) is 11.7. The van der Waals surface area contributed by atoms with Crippen LogP contribution in [0.3, 0.4) is 0 Å². The van der Waals surface area contributed by atoms with Gasteiger partial charge < -0.3 is 10.4 Å². The molecule has 1 atom stereocenters. The number of hydrogen-bond acceptors (Lipinski definition) is 2. The molecular formula is C8H16CsNO3. The molecule has 0 aliphatic rings. The quantitative estimate of drug-likeness (QED) is 0.767. The second kappa shape index (κ2) is 8.31. The molecule has 72 valence electrons. The molecule has 1 amide bonds. The molecule has 0 unspecified atom stereocenters. The van der Waals surface area contributed by atoms with E-state index in [2.05, 4.69) is 5.32 Å². The molecule has 4 nitrogen and oxygen atoms in total. The number of carboxylic acids is 1. The fourth-order valence-electron chi connectivity index (χ4n) is 0.938. The Morgan fingerprint density at radius 1 is 1.38 bits per heavy atom. The van der Waals surface area contributed by atoms with Gasteiger partial charge in [-0.15, -0.1) is 0 Å². The predicted molar refractivity (Wildman–Crippen MR) is 51.8 cm³/mol. The van der Waals surface area contributed by atoms with Crippen molar-refractivity contribution >= 4 is 80.8 Å². The Labute approximate surface area is 137 Å². The average Bonchev–Trinajstić information content (AvgIpc) is 1.83. The van der Waals surface area contributed by atoms with E-state index in [0.29, 0.717) is 6.42 Å². The summed E-state index contributed by atoms with van der Waals surface area (Å²) in [5.41, 5.74) is 0. The molecule has 0 bridgehead atoms. The second-order valence-corrected chi connectivity index (χ2v) is 3.22. The fraction of sp³-hybridized carbons (Fsp3) is 0.750. The van der Waals surface area contributed by atoms with Crippen molar-refractivity contribution in [2.24, 2.45) is 5.92 Å². The van der Waals surface area contributed by atoms with Crippen LogP contribution in [0.1, 0.15) is 27.2 Å². The number of carbonyl (C=O) groups is 2. The third-order valence-electron chi connectivity index (χ3n) is 1.38. The van der Waals surface area contributed by atoms with E-state index < -0.39 is 12.0 Å². The molecule has 0 aromatic carbocycles. The zero-order chi connectivity index (χ0) is 9.72. The van der Waals surface area contributed by atoms with Gasteiger partial charge in [0.25, 0.3) is 0 Å². The molecule has 0 spiro atoms. The first kappa shape index (κ1) is 16.4. The van der Waals surface area contributed by atoms with Crippen molar-refractivity contribution in [1.29, 1.82) is 0 Å². The van der Waals surface area contributed by atoms with Crippen molar-refractivity contribution in [2.75, 3.05) is 0 Å². The summed E-state index contributed by atoms with van der Waals surface area (Å²) in [6, 6.07) is -0.748. The van der Waals surface area contributed by atoms with Gasteiger partial charge in [0.1, 0.15) is 6.04 Å². The third kappa shape index (κ3) is 9.30. The number of hydrogen-bond donors (Lipinski definition) is 2. The molecule has 0 aliphatic carbocycles. The van der Waals surface area contributed by atoms with E-state index in [0.717, 1.165) is 0 Å². The van der Waals surface area contributed by atoms with Gasteiger partial charge in [-0.05, 0) is 12.3 Å².